The normalized spacial score (nSPS) is 18.1. The Morgan fingerprint density at radius 3 is 2.30 bits per heavy atom. The molecule has 1 nitrogen and oxygen atoms in total. The molecule has 0 saturated carbocycles. The van der Waals surface area contributed by atoms with E-state index in [1.54, 1.807) is 0 Å². The molecule has 1 saturated heterocycles. The molecule has 4 heteroatoms. The maximum atomic E-state index is 6.56. The lowest BCUT2D eigenvalue weighted by Crippen LogP contribution is -2.44. The van der Waals surface area contributed by atoms with Gasteiger partial charge in [0.15, 0.2) is 0 Å². The van der Waals surface area contributed by atoms with Gasteiger partial charge in [-0.2, -0.15) is 0 Å². The zero-order valence-electron chi connectivity index (χ0n) is 13.2. The van der Waals surface area contributed by atoms with Crippen LogP contribution in [0.2, 0.25) is 18.1 Å². The summed E-state index contributed by atoms with van der Waals surface area (Å²) >= 11 is 4.12. The second-order valence-corrected chi connectivity index (χ2v) is 14.3. The van der Waals surface area contributed by atoms with Crippen LogP contribution in [0.15, 0.2) is 24.3 Å². The molecule has 1 heterocycles. The third-order valence-corrected chi connectivity index (χ3v) is 11.5. The molecule has 0 N–H and O–H groups in total. The summed E-state index contributed by atoms with van der Waals surface area (Å²) in [5.41, 5.74) is 1.38. The number of para-hydroxylation sites is 1. The zero-order chi connectivity index (χ0) is 14.8. The van der Waals surface area contributed by atoms with Crippen LogP contribution in [0.1, 0.15) is 37.3 Å². The van der Waals surface area contributed by atoms with E-state index in [0.717, 1.165) is 5.75 Å². The van der Waals surface area contributed by atoms with Crippen LogP contribution in [0.4, 0.5) is 0 Å². The summed E-state index contributed by atoms with van der Waals surface area (Å²) in [4.78, 5) is 0. The summed E-state index contributed by atoms with van der Waals surface area (Å²) in [6.07, 6.45) is 1.33. The molecule has 0 aromatic heterocycles. The fraction of sp³-hybridized carbons (Fsp3) is 0.625. The fourth-order valence-electron chi connectivity index (χ4n) is 1.86. The molecule has 0 amide bonds. The van der Waals surface area contributed by atoms with Crippen molar-refractivity contribution in [1.29, 1.82) is 0 Å². The molecule has 0 spiro atoms. The third kappa shape index (κ3) is 3.77. The molecular weight excluding hydrogens is 300 g/mol. The van der Waals surface area contributed by atoms with Crippen LogP contribution >= 0.6 is 23.5 Å². The average Bonchev–Trinajstić information content (AvgIpc) is 2.38. The van der Waals surface area contributed by atoms with Crippen molar-refractivity contribution < 1.29 is 4.43 Å². The fourth-order valence-corrected chi connectivity index (χ4v) is 5.85. The molecule has 1 fully saturated rings. The first-order valence-electron chi connectivity index (χ1n) is 7.32. The van der Waals surface area contributed by atoms with E-state index in [4.69, 9.17) is 4.43 Å². The van der Waals surface area contributed by atoms with Gasteiger partial charge < -0.3 is 4.43 Å². The lowest BCUT2D eigenvalue weighted by Gasteiger charge is -2.37. The summed E-state index contributed by atoms with van der Waals surface area (Å²) in [6, 6.07) is 8.65. The minimum atomic E-state index is -1.76. The molecule has 0 atom stereocenters. The van der Waals surface area contributed by atoms with Crippen molar-refractivity contribution in [2.75, 3.05) is 11.5 Å². The van der Waals surface area contributed by atoms with Gasteiger partial charge in [-0.3, -0.25) is 0 Å². The van der Waals surface area contributed by atoms with Gasteiger partial charge in [0.25, 0.3) is 0 Å². The van der Waals surface area contributed by atoms with Crippen molar-refractivity contribution in [2.24, 2.45) is 0 Å². The summed E-state index contributed by atoms with van der Waals surface area (Å²) in [6.45, 7) is 11.5. The maximum absolute atomic E-state index is 6.56. The van der Waals surface area contributed by atoms with Crippen LogP contribution in [0.25, 0.3) is 0 Å². The summed E-state index contributed by atoms with van der Waals surface area (Å²) < 4.78 is 7.11. The van der Waals surface area contributed by atoms with Gasteiger partial charge >= 0.3 is 0 Å². The SMILES string of the molecule is CC(C)(C)[Si](C)(C)Oc1ccccc1C1SCCCS1. The van der Waals surface area contributed by atoms with Crippen molar-refractivity contribution in [2.45, 2.75) is 49.9 Å². The molecule has 1 aromatic carbocycles. The first-order chi connectivity index (χ1) is 9.31. The van der Waals surface area contributed by atoms with E-state index in [2.05, 4.69) is 81.7 Å². The Bertz CT molecular complexity index is 448. The Labute approximate surface area is 133 Å². The van der Waals surface area contributed by atoms with Gasteiger partial charge in [0.2, 0.25) is 8.32 Å². The third-order valence-electron chi connectivity index (χ3n) is 4.17. The number of hydrogen-bond donors (Lipinski definition) is 0. The highest BCUT2D eigenvalue weighted by Gasteiger charge is 2.39. The number of benzene rings is 1. The maximum Gasteiger partial charge on any atom is 0.250 e. The number of thioether (sulfide) groups is 2. The zero-order valence-corrected chi connectivity index (χ0v) is 15.9. The molecule has 112 valence electrons. The van der Waals surface area contributed by atoms with E-state index >= 15 is 0 Å². The van der Waals surface area contributed by atoms with Crippen molar-refractivity contribution >= 4 is 31.8 Å². The average molecular weight is 327 g/mol. The molecule has 0 unspecified atom stereocenters. The molecule has 1 aliphatic rings. The highest BCUT2D eigenvalue weighted by Crippen LogP contribution is 2.48. The Morgan fingerprint density at radius 2 is 1.70 bits per heavy atom. The second-order valence-electron chi connectivity index (χ2n) is 6.83. The molecule has 0 radical (unpaired) electrons. The molecular formula is C16H26OS2Si. The van der Waals surface area contributed by atoms with Crippen LogP contribution in [0.3, 0.4) is 0 Å². The smallest absolute Gasteiger partial charge is 0.250 e. The van der Waals surface area contributed by atoms with Crippen LogP contribution in [0, 0.1) is 0 Å². The first-order valence-corrected chi connectivity index (χ1v) is 12.3. The Kier molecular flexibility index (Phi) is 5.19. The molecule has 2 rings (SSSR count). The van der Waals surface area contributed by atoms with Gasteiger partial charge in [-0.05, 0) is 42.1 Å². The van der Waals surface area contributed by atoms with Gasteiger partial charge in [0.1, 0.15) is 5.75 Å². The van der Waals surface area contributed by atoms with Crippen molar-refractivity contribution in [1.82, 2.24) is 0 Å². The topological polar surface area (TPSA) is 9.23 Å². The van der Waals surface area contributed by atoms with Crippen molar-refractivity contribution in [3.63, 3.8) is 0 Å². The van der Waals surface area contributed by atoms with E-state index in [9.17, 15) is 0 Å². The highest BCUT2D eigenvalue weighted by molar-refractivity contribution is 8.16. The van der Waals surface area contributed by atoms with Crippen LogP contribution in [-0.4, -0.2) is 19.8 Å². The van der Waals surface area contributed by atoms with Gasteiger partial charge in [0.05, 0.1) is 4.58 Å². The Morgan fingerprint density at radius 1 is 1.10 bits per heavy atom. The predicted octanol–water partition coefficient (Wildman–Crippen LogP) is 5.94. The van der Waals surface area contributed by atoms with Gasteiger partial charge in [-0.1, -0.05) is 39.0 Å². The minimum Gasteiger partial charge on any atom is -0.543 e. The second kappa shape index (κ2) is 6.37. The lowest BCUT2D eigenvalue weighted by molar-refractivity contribution is 0.488. The van der Waals surface area contributed by atoms with E-state index < -0.39 is 8.32 Å². The molecule has 0 aliphatic carbocycles. The quantitative estimate of drug-likeness (QED) is 0.636. The van der Waals surface area contributed by atoms with Crippen LogP contribution < -0.4 is 4.43 Å². The largest absolute Gasteiger partial charge is 0.543 e. The Balaban J connectivity index is 2.24. The lowest BCUT2D eigenvalue weighted by atomic mass is 10.2. The monoisotopic (exact) mass is 326 g/mol. The first kappa shape index (κ1) is 16.3. The standard InChI is InChI=1S/C16H26OS2Si/c1-16(2,3)20(4,5)17-14-10-7-6-9-13(14)15-18-11-8-12-19-15/h6-7,9-10,15H,8,11-12H2,1-5H3. The van der Waals surface area contributed by atoms with E-state index in [1.165, 1.54) is 23.5 Å². The van der Waals surface area contributed by atoms with Gasteiger partial charge in [-0.25, -0.2) is 0 Å². The van der Waals surface area contributed by atoms with E-state index in [0.29, 0.717) is 4.58 Å². The van der Waals surface area contributed by atoms with Gasteiger partial charge in [0, 0.05) is 5.56 Å². The van der Waals surface area contributed by atoms with Gasteiger partial charge in [-0.15, -0.1) is 23.5 Å². The van der Waals surface area contributed by atoms with Crippen LogP contribution in [0.5, 0.6) is 5.75 Å². The summed E-state index contributed by atoms with van der Waals surface area (Å²) in [5.74, 6) is 3.66. The van der Waals surface area contributed by atoms with E-state index in [1.807, 2.05) is 0 Å². The van der Waals surface area contributed by atoms with Crippen molar-refractivity contribution in [3.05, 3.63) is 29.8 Å². The van der Waals surface area contributed by atoms with E-state index in [-0.39, 0.29) is 5.04 Å². The minimum absolute atomic E-state index is 0.243. The summed E-state index contributed by atoms with van der Waals surface area (Å²) in [5, 5.41) is 0.243. The Hall–Kier alpha value is -0.0631. The molecule has 1 aromatic rings. The molecule has 20 heavy (non-hydrogen) atoms. The van der Waals surface area contributed by atoms with Crippen LogP contribution in [-0.2, 0) is 0 Å². The number of hydrogen-bond acceptors (Lipinski definition) is 3. The molecule has 1 aliphatic heterocycles. The highest BCUT2D eigenvalue weighted by atomic mass is 32.2. The molecule has 0 bridgehead atoms. The number of rotatable bonds is 3. The van der Waals surface area contributed by atoms with Crippen molar-refractivity contribution in [3.8, 4) is 5.75 Å². The summed E-state index contributed by atoms with van der Waals surface area (Å²) in [7, 11) is -1.76. The predicted molar refractivity (Wildman–Crippen MR) is 96.5 cm³/mol.